The van der Waals surface area contributed by atoms with E-state index in [4.69, 9.17) is 4.74 Å². The molecule has 1 rings (SSSR count). The lowest BCUT2D eigenvalue weighted by atomic mass is 10.1. The molecule has 0 saturated heterocycles. The average molecular weight is 286 g/mol. The zero-order valence-corrected chi connectivity index (χ0v) is 11.4. The van der Waals surface area contributed by atoms with E-state index in [1.165, 1.54) is 30.3 Å². The number of para-hydroxylation sites is 1. The number of hydrogen-bond acceptors (Lipinski definition) is 4. The number of hydrazine groups is 1. The summed E-state index contributed by atoms with van der Waals surface area (Å²) < 4.78 is 34.2. The van der Waals surface area contributed by atoms with E-state index in [1.54, 1.807) is 26.2 Å². The predicted octanol–water partition coefficient (Wildman–Crippen LogP) is 1.90. The summed E-state index contributed by atoms with van der Waals surface area (Å²) in [7, 11) is 4.66. The van der Waals surface area contributed by atoms with Crippen LogP contribution in [0.1, 0.15) is 5.56 Å². The van der Waals surface area contributed by atoms with E-state index in [0.717, 1.165) is 0 Å². The molecule has 7 heteroatoms. The molecule has 0 saturated carbocycles. The van der Waals surface area contributed by atoms with Crippen LogP contribution >= 0.6 is 0 Å². The number of hydrogen-bond donors (Lipinski definition) is 1. The van der Waals surface area contributed by atoms with E-state index in [2.05, 4.69) is 10.2 Å². The highest BCUT2D eigenvalue weighted by Gasteiger charge is 2.13. The summed E-state index contributed by atoms with van der Waals surface area (Å²) in [6.07, 6.45) is 2.59. The lowest BCUT2D eigenvalue weighted by molar-refractivity contribution is -0.119. The van der Waals surface area contributed by atoms with E-state index in [1.807, 2.05) is 0 Å². The van der Waals surface area contributed by atoms with Gasteiger partial charge < -0.3 is 9.47 Å². The molecular formula is C13H16F2N2O3. The number of halogens is 2. The Labute approximate surface area is 115 Å². The van der Waals surface area contributed by atoms with Crippen molar-refractivity contribution >= 4 is 12.0 Å². The average Bonchev–Trinajstić information content (AvgIpc) is 2.36. The Balaban J connectivity index is 2.99. The van der Waals surface area contributed by atoms with Crippen LogP contribution in [-0.2, 0) is 4.79 Å². The molecule has 0 unspecified atom stereocenters. The number of nitrogens with zero attached hydrogens (tertiary/aromatic N) is 1. The first-order chi connectivity index (χ1) is 9.43. The number of ether oxygens (including phenoxy) is 2. The predicted molar refractivity (Wildman–Crippen MR) is 70.5 cm³/mol. The van der Waals surface area contributed by atoms with E-state index in [-0.39, 0.29) is 17.4 Å². The number of amides is 1. The normalized spacial score (nSPS) is 11.2. The molecular weight excluding hydrogens is 270 g/mol. The molecule has 0 aromatic heterocycles. The molecule has 0 spiro atoms. The Bertz CT molecular complexity index is 491. The van der Waals surface area contributed by atoms with Crippen molar-refractivity contribution in [3.05, 3.63) is 29.8 Å². The zero-order chi connectivity index (χ0) is 15.1. The summed E-state index contributed by atoms with van der Waals surface area (Å²) in [5.41, 5.74) is 2.81. The maximum Gasteiger partial charge on any atom is 0.387 e. The molecule has 0 fully saturated rings. The lowest BCUT2D eigenvalue weighted by Gasteiger charge is -2.12. The second-order valence-corrected chi connectivity index (χ2v) is 3.96. The molecule has 0 heterocycles. The zero-order valence-electron chi connectivity index (χ0n) is 11.4. The second kappa shape index (κ2) is 7.44. The van der Waals surface area contributed by atoms with Gasteiger partial charge >= 0.3 is 6.61 Å². The molecule has 110 valence electrons. The van der Waals surface area contributed by atoms with Gasteiger partial charge in [0.15, 0.2) is 11.5 Å². The van der Waals surface area contributed by atoms with Crippen LogP contribution in [0.2, 0.25) is 0 Å². The fourth-order valence-corrected chi connectivity index (χ4v) is 1.46. The Morgan fingerprint density at radius 3 is 2.65 bits per heavy atom. The van der Waals surface area contributed by atoms with Crippen molar-refractivity contribution < 1.29 is 23.0 Å². The summed E-state index contributed by atoms with van der Waals surface area (Å²) in [5, 5.41) is 1.47. The minimum atomic E-state index is -2.98. The van der Waals surface area contributed by atoms with E-state index >= 15 is 0 Å². The minimum Gasteiger partial charge on any atom is -0.493 e. The van der Waals surface area contributed by atoms with Gasteiger partial charge in [0.1, 0.15) is 0 Å². The van der Waals surface area contributed by atoms with E-state index in [0.29, 0.717) is 5.56 Å². The summed E-state index contributed by atoms with van der Waals surface area (Å²) in [6, 6.07) is 4.65. The van der Waals surface area contributed by atoms with Crippen LogP contribution in [0.4, 0.5) is 8.78 Å². The first-order valence-electron chi connectivity index (χ1n) is 5.72. The van der Waals surface area contributed by atoms with Crippen LogP contribution in [-0.4, -0.2) is 38.7 Å². The van der Waals surface area contributed by atoms with Crippen LogP contribution in [0.5, 0.6) is 11.5 Å². The molecule has 1 N–H and O–H groups in total. The van der Waals surface area contributed by atoms with Gasteiger partial charge in [-0.05, 0) is 12.1 Å². The third kappa shape index (κ3) is 4.85. The molecule has 0 aliphatic heterocycles. The topological polar surface area (TPSA) is 50.8 Å². The monoisotopic (exact) mass is 286 g/mol. The van der Waals surface area contributed by atoms with Gasteiger partial charge in [-0.1, -0.05) is 12.1 Å². The third-order valence-electron chi connectivity index (χ3n) is 2.18. The second-order valence-electron chi connectivity index (χ2n) is 3.96. The number of methoxy groups -OCH3 is 1. The van der Waals surface area contributed by atoms with E-state index < -0.39 is 6.61 Å². The fraction of sp³-hybridized carbons (Fsp3) is 0.308. The smallest absolute Gasteiger partial charge is 0.387 e. The Hall–Kier alpha value is -2.15. The van der Waals surface area contributed by atoms with Crippen molar-refractivity contribution in [1.82, 2.24) is 10.4 Å². The number of nitrogens with one attached hydrogen (secondary N) is 1. The van der Waals surface area contributed by atoms with Crippen molar-refractivity contribution in [2.45, 2.75) is 6.61 Å². The summed E-state index contributed by atoms with van der Waals surface area (Å²) in [6.45, 7) is -2.98. The highest BCUT2D eigenvalue weighted by Crippen LogP contribution is 2.33. The van der Waals surface area contributed by atoms with Gasteiger partial charge in [0.2, 0.25) is 0 Å². The molecule has 0 atom stereocenters. The molecule has 5 nitrogen and oxygen atoms in total. The summed E-state index contributed by atoms with van der Waals surface area (Å²) in [5.74, 6) is -0.333. The van der Waals surface area contributed by atoms with Crippen LogP contribution in [0.15, 0.2) is 24.3 Å². The summed E-state index contributed by atoms with van der Waals surface area (Å²) >= 11 is 0. The van der Waals surface area contributed by atoms with Gasteiger partial charge in [0, 0.05) is 25.7 Å². The first kappa shape index (κ1) is 15.9. The van der Waals surface area contributed by atoms with Gasteiger partial charge in [-0.25, -0.2) is 5.01 Å². The number of benzene rings is 1. The molecule has 0 radical (unpaired) electrons. The highest BCUT2D eigenvalue weighted by molar-refractivity contribution is 5.91. The van der Waals surface area contributed by atoms with E-state index in [9.17, 15) is 13.6 Å². The Morgan fingerprint density at radius 2 is 2.10 bits per heavy atom. The quantitative estimate of drug-likeness (QED) is 0.641. The number of carbonyl (C=O) groups excluding carboxylic acids is 1. The number of alkyl halides is 2. The Morgan fingerprint density at radius 1 is 1.40 bits per heavy atom. The first-order valence-corrected chi connectivity index (χ1v) is 5.72. The van der Waals surface area contributed by atoms with Crippen molar-refractivity contribution in [3.63, 3.8) is 0 Å². The minimum absolute atomic E-state index is 0.112. The standard InChI is InChI=1S/C13H16F2N2O3/c1-17(2)16-11(18)8-7-9-5-4-6-10(19-3)12(9)20-13(14)15/h4-8,13H,1-3H3,(H,16,18)/b8-7+. The van der Waals surface area contributed by atoms with Gasteiger partial charge in [-0.2, -0.15) is 8.78 Å². The van der Waals surface area contributed by atoms with Crippen molar-refractivity contribution in [1.29, 1.82) is 0 Å². The number of rotatable bonds is 6. The van der Waals surface area contributed by atoms with Crippen molar-refractivity contribution in [3.8, 4) is 11.5 Å². The largest absolute Gasteiger partial charge is 0.493 e. The molecule has 0 bridgehead atoms. The maximum absolute atomic E-state index is 12.4. The molecule has 0 aliphatic carbocycles. The van der Waals surface area contributed by atoms with Crippen LogP contribution < -0.4 is 14.9 Å². The number of carbonyl (C=O) groups is 1. The van der Waals surface area contributed by atoms with Gasteiger partial charge in [0.05, 0.1) is 7.11 Å². The molecule has 1 amide bonds. The van der Waals surface area contributed by atoms with Crippen LogP contribution in [0.3, 0.4) is 0 Å². The summed E-state index contributed by atoms with van der Waals surface area (Å²) in [4.78, 5) is 11.5. The highest BCUT2D eigenvalue weighted by atomic mass is 19.3. The fourth-order valence-electron chi connectivity index (χ4n) is 1.46. The van der Waals surface area contributed by atoms with Crippen LogP contribution in [0, 0.1) is 0 Å². The van der Waals surface area contributed by atoms with Gasteiger partial charge in [-0.3, -0.25) is 10.2 Å². The van der Waals surface area contributed by atoms with Gasteiger partial charge in [-0.15, -0.1) is 0 Å². The van der Waals surface area contributed by atoms with Gasteiger partial charge in [0.25, 0.3) is 5.91 Å². The van der Waals surface area contributed by atoms with Crippen molar-refractivity contribution in [2.75, 3.05) is 21.2 Å². The SMILES string of the molecule is COc1cccc(/C=C/C(=O)NN(C)C)c1OC(F)F. The molecule has 20 heavy (non-hydrogen) atoms. The molecule has 0 aliphatic rings. The molecule has 1 aromatic rings. The van der Waals surface area contributed by atoms with Crippen molar-refractivity contribution in [2.24, 2.45) is 0 Å². The molecule has 1 aromatic carbocycles. The third-order valence-corrected chi connectivity index (χ3v) is 2.18. The van der Waals surface area contributed by atoms with Crippen LogP contribution in [0.25, 0.3) is 6.08 Å². The maximum atomic E-state index is 12.4. The lowest BCUT2D eigenvalue weighted by Crippen LogP contribution is -2.34. The Kier molecular flexibility index (Phi) is 5.92.